The van der Waals surface area contributed by atoms with Crippen molar-refractivity contribution in [1.82, 2.24) is 9.88 Å². The van der Waals surface area contributed by atoms with Crippen LogP contribution >= 0.6 is 0 Å². The number of carbonyl (C=O) groups is 2. The molecule has 2 amide bonds. The molecule has 4 rings (SSSR count). The molecule has 7 heteroatoms. The number of carbonyl (C=O) groups excluding carboxylic acids is 1. The van der Waals surface area contributed by atoms with Crippen LogP contribution in [0.5, 0.6) is 0 Å². The van der Waals surface area contributed by atoms with E-state index in [4.69, 9.17) is 0 Å². The van der Waals surface area contributed by atoms with Crippen LogP contribution in [0.2, 0.25) is 0 Å². The third-order valence-electron chi connectivity index (χ3n) is 5.63. The molecule has 0 saturated carbocycles. The summed E-state index contributed by atoms with van der Waals surface area (Å²) in [5.41, 5.74) is 3.76. The number of nitrogens with one attached hydrogen (secondary N) is 2. The number of amides is 2. The summed E-state index contributed by atoms with van der Waals surface area (Å²) in [4.78, 5) is 30.3. The molecule has 2 heterocycles. The maximum atomic E-state index is 13.0. The third-order valence-corrected chi connectivity index (χ3v) is 5.63. The number of hydrogen-bond acceptors (Lipinski definition) is 4. The van der Waals surface area contributed by atoms with Gasteiger partial charge in [0.1, 0.15) is 5.82 Å². The van der Waals surface area contributed by atoms with E-state index in [9.17, 15) is 14.7 Å². The van der Waals surface area contributed by atoms with Crippen LogP contribution in [0.1, 0.15) is 35.4 Å². The first-order valence-electron chi connectivity index (χ1n) is 10.7. The second kappa shape index (κ2) is 9.96. The van der Waals surface area contributed by atoms with E-state index in [1.54, 1.807) is 11.1 Å². The molecule has 0 spiro atoms. The molecule has 3 N–H and O–H groups in total. The molecule has 0 fully saturated rings. The molecule has 32 heavy (non-hydrogen) atoms. The number of carboxylic acid groups (broad SMARTS) is 1. The SMILES string of the molecule is O=C(O)CC1CCN(C(=O)Nc2cccc(CNc3ccccn3)c2)Cc2ccccc21. The number of carboxylic acids is 1. The van der Waals surface area contributed by atoms with Crippen molar-refractivity contribution in [3.8, 4) is 0 Å². The zero-order chi connectivity index (χ0) is 22.3. The van der Waals surface area contributed by atoms with Crippen molar-refractivity contribution in [2.45, 2.75) is 31.8 Å². The largest absolute Gasteiger partial charge is 0.481 e. The van der Waals surface area contributed by atoms with E-state index in [0.717, 1.165) is 28.2 Å². The van der Waals surface area contributed by atoms with E-state index in [-0.39, 0.29) is 18.4 Å². The van der Waals surface area contributed by atoms with E-state index in [0.29, 0.717) is 26.1 Å². The Morgan fingerprint density at radius 2 is 1.91 bits per heavy atom. The maximum Gasteiger partial charge on any atom is 0.322 e. The molecule has 0 bridgehead atoms. The monoisotopic (exact) mass is 430 g/mol. The van der Waals surface area contributed by atoms with E-state index in [1.165, 1.54) is 0 Å². The van der Waals surface area contributed by atoms with E-state index < -0.39 is 5.97 Å². The van der Waals surface area contributed by atoms with Gasteiger partial charge in [-0.2, -0.15) is 0 Å². The summed E-state index contributed by atoms with van der Waals surface area (Å²) in [6.45, 7) is 1.55. The van der Waals surface area contributed by atoms with E-state index >= 15 is 0 Å². The Morgan fingerprint density at radius 3 is 2.72 bits per heavy atom. The molecule has 164 valence electrons. The van der Waals surface area contributed by atoms with Gasteiger partial charge in [0.05, 0.1) is 6.42 Å². The molecule has 0 aliphatic carbocycles. The van der Waals surface area contributed by atoms with Crippen molar-refractivity contribution in [2.24, 2.45) is 0 Å². The van der Waals surface area contributed by atoms with Crippen molar-refractivity contribution in [3.63, 3.8) is 0 Å². The number of urea groups is 1. The fourth-order valence-corrected chi connectivity index (χ4v) is 4.05. The highest BCUT2D eigenvalue weighted by atomic mass is 16.4. The number of benzene rings is 2. The lowest BCUT2D eigenvalue weighted by molar-refractivity contribution is -0.137. The topological polar surface area (TPSA) is 94.6 Å². The van der Waals surface area contributed by atoms with Crippen LogP contribution < -0.4 is 10.6 Å². The molecule has 0 radical (unpaired) electrons. The van der Waals surface area contributed by atoms with Crippen molar-refractivity contribution in [3.05, 3.63) is 89.6 Å². The summed E-state index contributed by atoms with van der Waals surface area (Å²) >= 11 is 0. The smallest absolute Gasteiger partial charge is 0.322 e. The normalized spacial score (nSPS) is 15.4. The molecule has 1 aliphatic rings. The summed E-state index contributed by atoms with van der Waals surface area (Å²) in [5, 5.41) is 15.5. The molecule has 7 nitrogen and oxygen atoms in total. The van der Waals surface area contributed by atoms with Gasteiger partial charge in [-0.3, -0.25) is 4.79 Å². The van der Waals surface area contributed by atoms with Gasteiger partial charge in [0.15, 0.2) is 0 Å². The van der Waals surface area contributed by atoms with E-state index in [1.807, 2.05) is 66.7 Å². The molecule has 3 aromatic rings. The van der Waals surface area contributed by atoms with E-state index in [2.05, 4.69) is 15.6 Å². The third kappa shape index (κ3) is 5.43. The van der Waals surface area contributed by atoms with Crippen molar-refractivity contribution in [1.29, 1.82) is 0 Å². The number of fused-ring (bicyclic) bond motifs is 1. The molecule has 1 unspecified atom stereocenters. The lowest BCUT2D eigenvalue weighted by Gasteiger charge is -2.22. The van der Waals surface area contributed by atoms with Crippen LogP contribution in [0.3, 0.4) is 0 Å². The number of pyridine rings is 1. The van der Waals surface area contributed by atoms with Crippen molar-refractivity contribution in [2.75, 3.05) is 17.2 Å². The maximum absolute atomic E-state index is 13.0. The predicted molar refractivity (Wildman–Crippen MR) is 123 cm³/mol. The molecule has 1 aliphatic heterocycles. The quantitative estimate of drug-likeness (QED) is 0.527. The number of anilines is 2. The Hall–Kier alpha value is -3.87. The summed E-state index contributed by atoms with van der Waals surface area (Å²) in [6.07, 6.45) is 2.42. The Kier molecular flexibility index (Phi) is 6.65. The van der Waals surface area contributed by atoms with Gasteiger partial charge >= 0.3 is 12.0 Å². The first-order valence-corrected chi connectivity index (χ1v) is 10.7. The van der Waals surface area contributed by atoms with Crippen LogP contribution in [-0.2, 0) is 17.9 Å². The first kappa shape index (κ1) is 21.4. The predicted octanol–water partition coefficient (Wildman–Crippen LogP) is 4.69. The summed E-state index contributed by atoms with van der Waals surface area (Å²) in [5.74, 6) is -0.123. The van der Waals surface area contributed by atoms with Gasteiger partial charge in [-0.05, 0) is 53.3 Å². The highest BCUT2D eigenvalue weighted by Gasteiger charge is 2.26. The van der Waals surface area contributed by atoms with Gasteiger partial charge in [0.2, 0.25) is 0 Å². The summed E-state index contributed by atoms with van der Waals surface area (Å²) < 4.78 is 0. The highest BCUT2D eigenvalue weighted by molar-refractivity contribution is 5.89. The van der Waals surface area contributed by atoms with Gasteiger partial charge in [-0.25, -0.2) is 9.78 Å². The Labute approximate surface area is 187 Å². The molecule has 2 aromatic carbocycles. The van der Waals surface area contributed by atoms with Crippen LogP contribution in [-0.4, -0.2) is 33.5 Å². The van der Waals surface area contributed by atoms with Gasteiger partial charge in [-0.1, -0.05) is 42.5 Å². The molecule has 0 saturated heterocycles. The molecule has 1 atom stereocenters. The summed E-state index contributed by atoms with van der Waals surface area (Å²) in [6, 6.07) is 21.0. The fraction of sp³-hybridized carbons (Fsp3) is 0.240. The Balaban J connectivity index is 1.42. The van der Waals surface area contributed by atoms with Crippen molar-refractivity contribution >= 4 is 23.5 Å². The molecule has 1 aromatic heterocycles. The minimum Gasteiger partial charge on any atom is -0.481 e. The second-order valence-corrected chi connectivity index (χ2v) is 7.90. The van der Waals surface area contributed by atoms with Crippen LogP contribution in [0, 0.1) is 0 Å². The first-order chi connectivity index (χ1) is 15.6. The fourth-order valence-electron chi connectivity index (χ4n) is 4.05. The van der Waals surface area contributed by atoms with Gasteiger partial charge in [0, 0.05) is 31.5 Å². The van der Waals surface area contributed by atoms with Gasteiger partial charge < -0.3 is 20.6 Å². The lowest BCUT2D eigenvalue weighted by Crippen LogP contribution is -2.34. The van der Waals surface area contributed by atoms with Crippen molar-refractivity contribution < 1.29 is 14.7 Å². The number of aliphatic carboxylic acids is 1. The van der Waals surface area contributed by atoms with Crippen LogP contribution in [0.15, 0.2) is 72.9 Å². The molecular formula is C25H26N4O3. The lowest BCUT2D eigenvalue weighted by atomic mass is 9.90. The zero-order valence-electron chi connectivity index (χ0n) is 17.7. The standard InChI is InChI=1S/C25H26N4O3/c30-24(31)15-19-11-13-29(17-20-7-1-2-9-22(19)20)25(32)28-21-8-5-6-18(14-21)16-27-23-10-3-4-12-26-23/h1-10,12,14,19H,11,13,15-17H2,(H,26,27)(H,28,32)(H,30,31). The zero-order valence-corrected chi connectivity index (χ0v) is 17.7. The average Bonchev–Trinajstić information content (AvgIpc) is 2.98. The minimum atomic E-state index is -0.821. The minimum absolute atomic E-state index is 0.0673. The average molecular weight is 431 g/mol. The summed E-state index contributed by atoms with van der Waals surface area (Å²) in [7, 11) is 0. The highest BCUT2D eigenvalue weighted by Crippen LogP contribution is 2.31. The van der Waals surface area contributed by atoms with Crippen LogP contribution in [0.25, 0.3) is 0 Å². The van der Waals surface area contributed by atoms with Gasteiger partial charge in [0.25, 0.3) is 0 Å². The Morgan fingerprint density at radius 1 is 1.06 bits per heavy atom. The second-order valence-electron chi connectivity index (χ2n) is 7.90. The molecular weight excluding hydrogens is 404 g/mol. The number of hydrogen-bond donors (Lipinski definition) is 3. The van der Waals surface area contributed by atoms with Crippen LogP contribution in [0.4, 0.5) is 16.3 Å². The number of nitrogens with zero attached hydrogens (tertiary/aromatic N) is 2. The number of rotatable bonds is 6. The number of aromatic nitrogens is 1. The Bertz CT molecular complexity index is 1090. The van der Waals surface area contributed by atoms with Gasteiger partial charge in [-0.15, -0.1) is 0 Å².